The summed E-state index contributed by atoms with van der Waals surface area (Å²) in [6, 6.07) is 20.2. The zero-order valence-electron chi connectivity index (χ0n) is 15.5. The zero-order chi connectivity index (χ0) is 19.7. The molecule has 3 amide bonds. The molecule has 28 heavy (non-hydrogen) atoms. The smallest absolute Gasteiger partial charge is 0.346 e. The first-order valence-electron chi connectivity index (χ1n) is 8.85. The van der Waals surface area contributed by atoms with Crippen LogP contribution in [0.3, 0.4) is 0 Å². The Hall–Kier alpha value is -3.67. The molecule has 1 aliphatic rings. The number of hydrazone groups is 1. The second-order valence-electron chi connectivity index (χ2n) is 6.75. The molecule has 1 fully saturated rings. The third-order valence-corrected chi connectivity index (χ3v) is 4.93. The zero-order valence-corrected chi connectivity index (χ0v) is 15.5. The molecule has 0 aliphatic carbocycles. The second-order valence-corrected chi connectivity index (χ2v) is 6.75. The summed E-state index contributed by atoms with van der Waals surface area (Å²) in [5.41, 5.74) is 0.289. The average Bonchev–Trinajstić information content (AvgIpc) is 2.95. The number of rotatable bonds is 4. The number of benzene rings is 3. The van der Waals surface area contributed by atoms with Gasteiger partial charge in [0.25, 0.3) is 5.91 Å². The van der Waals surface area contributed by atoms with E-state index in [0.717, 1.165) is 21.3 Å². The Morgan fingerprint density at radius 1 is 1.00 bits per heavy atom. The minimum absolute atomic E-state index is 0.431. The van der Waals surface area contributed by atoms with Crippen LogP contribution in [-0.2, 0) is 10.3 Å². The van der Waals surface area contributed by atoms with Crippen LogP contribution in [0, 0.1) is 0 Å². The highest BCUT2D eigenvalue weighted by atomic mass is 16.5. The fraction of sp³-hybridized carbons (Fsp3) is 0.136. The van der Waals surface area contributed by atoms with E-state index in [1.807, 2.05) is 42.5 Å². The number of ether oxygens (including phenoxy) is 1. The molecule has 6 nitrogen and oxygen atoms in total. The number of hydrogen-bond donors (Lipinski definition) is 1. The van der Waals surface area contributed by atoms with Crippen LogP contribution in [0.5, 0.6) is 5.75 Å². The molecule has 1 N–H and O–H groups in total. The Morgan fingerprint density at radius 2 is 1.71 bits per heavy atom. The van der Waals surface area contributed by atoms with Gasteiger partial charge in [-0.15, -0.1) is 5.01 Å². The van der Waals surface area contributed by atoms with E-state index in [9.17, 15) is 9.59 Å². The molecule has 0 saturated carbocycles. The molecule has 1 unspecified atom stereocenters. The summed E-state index contributed by atoms with van der Waals surface area (Å²) < 4.78 is 5.15. The molecular weight excluding hydrogens is 354 g/mol. The SMILES string of the molecule is COc1ccc(C2(C)NC(=O)N(/N=C/c3ccc4ccccc4c3)C2=O)cc1. The third-order valence-electron chi connectivity index (χ3n) is 4.93. The molecule has 1 atom stereocenters. The maximum absolute atomic E-state index is 12.9. The molecule has 4 rings (SSSR count). The van der Waals surface area contributed by atoms with E-state index in [4.69, 9.17) is 4.74 Å². The van der Waals surface area contributed by atoms with Gasteiger partial charge in [0.2, 0.25) is 0 Å². The van der Waals surface area contributed by atoms with E-state index in [1.54, 1.807) is 38.3 Å². The van der Waals surface area contributed by atoms with Crippen LogP contribution in [-0.4, -0.2) is 30.3 Å². The number of methoxy groups -OCH3 is 1. The summed E-state index contributed by atoms with van der Waals surface area (Å²) in [4.78, 5) is 25.3. The van der Waals surface area contributed by atoms with E-state index < -0.39 is 17.5 Å². The van der Waals surface area contributed by atoms with Crippen LogP contribution in [0.25, 0.3) is 10.8 Å². The lowest BCUT2D eigenvalue weighted by Gasteiger charge is -2.21. The van der Waals surface area contributed by atoms with E-state index in [2.05, 4.69) is 10.4 Å². The molecule has 1 aliphatic heterocycles. The monoisotopic (exact) mass is 373 g/mol. The summed E-state index contributed by atoms with van der Waals surface area (Å²) in [6.07, 6.45) is 1.52. The van der Waals surface area contributed by atoms with Crippen molar-refractivity contribution in [1.82, 2.24) is 10.3 Å². The molecule has 3 aromatic carbocycles. The lowest BCUT2D eigenvalue weighted by molar-refractivity contribution is -0.131. The molecule has 1 heterocycles. The van der Waals surface area contributed by atoms with Gasteiger partial charge in [-0.25, -0.2) is 4.79 Å². The Bertz CT molecular complexity index is 1090. The number of carbonyl (C=O) groups excluding carboxylic acids is 2. The number of fused-ring (bicyclic) bond motifs is 1. The number of nitrogens with zero attached hydrogens (tertiary/aromatic N) is 2. The van der Waals surface area contributed by atoms with Crippen molar-refractivity contribution in [1.29, 1.82) is 0 Å². The molecule has 0 bridgehead atoms. The highest BCUT2D eigenvalue weighted by molar-refractivity contribution is 6.07. The number of nitrogens with one attached hydrogen (secondary N) is 1. The van der Waals surface area contributed by atoms with Gasteiger partial charge in [-0.05, 0) is 47.0 Å². The van der Waals surface area contributed by atoms with Gasteiger partial charge in [-0.1, -0.05) is 48.5 Å². The number of amides is 3. The summed E-state index contributed by atoms with van der Waals surface area (Å²) >= 11 is 0. The molecule has 140 valence electrons. The first-order chi connectivity index (χ1) is 13.5. The van der Waals surface area contributed by atoms with Crippen molar-refractivity contribution < 1.29 is 14.3 Å². The molecule has 6 heteroatoms. The van der Waals surface area contributed by atoms with Crippen LogP contribution in [0.4, 0.5) is 4.79 Å². The summed E-state index contributed by atoms with van der Waals surface area (Å²) in [6.45, 7) is 1.67. The number of carbonyl (C=O) groups is 2. The first-order valence-corrected chi connectivity index (χ1v) is 8.85. The minimum atomic E-state index is -1.18. The Kier molecular flexibility index (Phi) is 4.31. The Labute approximate surface area is 162 Å². The minimum Gasteiger partial charge on any atom is -0.497 e. The van der Waals surface area contributed by atoms with Crippen molar-refractivity contribution in [2.45, 2.75) is 12.5 Å². The Balaban J connectivity index is 1.60. The summed E-state index contributed by atoms with van der Waals surface area (Å²) in [5, 5.41) is 9.92. The topological polar surface area (TPSA) is 71.0 Å². The maximum atomic E-state index is 12.9. The average molecular weight is 373 g/mol. The van der Waals surface area contributed by atoms with Crippen LogP contribution < -0.4 is 10.1 Å². The molecule has 0 spiro atoms. The standard InChI is InChI=1S/C22H19N3O3/c1-22(18-9-11-19(28-2)12-10-18)20(26)25(21(27)24-22)23-14-15-7-8-16-5-3-4-6-17(16)13-15/h3-14H,1-2H3,(H,24,27)/b23-14+. The lowest BCUT2D eigenvalue weighted by atomic mass is 9.92. The predicted molar refractivity (Wildman–Crippen MR) is 107 cm³/mol. The molecule has 0 radical (unpaired) electrons. The normalized spacial score (nSPS) is 19.4. The lowest BCUT2D eigenvalue weighted by Crippen LogP contribution is -2.40. The summed E-state index contributed by atoms with van der Waals surface area (Å²) in [5.74, 6) is 0.245. The van der Waals surface area contributed by atoms with Crippen LogP contribution >= 0.6 is 0 Å². The summed E-state index contributed by atoms with van der Waals surface area (Å²) in [7, 11) is 1.57. The van der Waals surface area contributed by atoms with Crippen LogP contribution in [0.2, 0.25) is 0 Å². The van der Waals surface area contributed by atoms with Gasteiger partial charge in [0, 0.05) is 0 Å². The van der Waals surface area contributed by atoms with Gasteiger partial charge in [0.15, 0.2) is 0 Å². The van der Waals surface area contributed by atoms with Crippen molar-refractivity contribution >= 4 is 28.9 Å². The van der Waals surface area contributed by atoms with Crippen molar-refractivity contribution in [2.75, 3.05) is 7.11 Å². The molecule has 0 aromatic heterocycles. The highest BCUT2D eigenvalue weighted by Gasteiger charge is 2.49. The first kappa shape index (κ1) is 17.7. The number of hydrogen-bond acceptors (Lipinski definition) is 4. The molecule has 1 saturated heterocycles. The van der Waals surface area contributed by atoms with E-state index in [0.29, 0.717) is 11.3 Å². The van der Waals surface area contributed by atoms with Gasteiger partial charge in [0.05, 0.1) is 13.3 Å². The van der Waals surface area contributed by atoms with Crippen molar-refractivity contribution in [2.24, 2.45) is 5.10 Å². The predicted octanol–water partition coefficient (Wildman–Crippen LogP) is 3.65. The van der Waals surface area contributed by atoms with E-state index >= 15 is 0 Å². The van der Waals surface area contributed by atoms with Gasteiger partial charge < -0.3 is 10.1 Å². The van der Waals surface area contributed by atoms with E-state index in [-0.39, 0.29) is 0 Å². The maximum Gasteiger partial charge on any atom is 0.346 e. The third kappa shape index (κ3) is 2.99. The largest absolute Gasteiger partial charge is 0.497 e. The number of imide groups is 1. The van der Waals surface area contributed by atoms with Crippen molar-refractivity contribution in [3.63, 3.8) is 0 Å². The van der Waals surface area contributed by atoms with Crippen molar-refractivity contribution in [3.8, 4) is 5.75 Å². The molecule has 3 aromatic rings. The van der Waals surface area contributed by atoms with Crippen LogP contribution in [0.1, 0.15) is 18.1 Å². The van der Waals surface area contributed by atoms with Gasteiger partial charge >= 0.3 is 6.03 Å². The number of urea groups is 1. The van der Waals surface area contributed by atoms with Gasteiger partial charge in [-0.3, -0.25) is 4.79 Å². The van der Waals surface area contributed by atoms with Crippen molar-refractivity contribution in [3.05, 3.63) is 77.9 Å². The quantitative estimate of drug-likeness (QED) is 0.561. The fourth-order valence-corrected chi connectivity index (χ4v) is 3.26. The van der Waals surface area contributed by atoms with E-state index in [1.165, 1.54) is 6.21 Å². The van der Waals surface area contributed by atoms with Crippen LogP contribution in [0.15, 0.2) is 71.8 Å². The second kappa shape index (κ2) is 6.81. The van der Waals surface area contributed by atoms with Gasteiger partial charge in [0.1, 0.15) is 11.3 Å². The van der Waals surface area contributed by atoms with Gasteiger partial charge in [-0.2, -0.15) is 5.10 Å². The fourth-order valence-electron chi connectivity index (χ4n) is 3.26. The highest BCUT2D eigenvalue weighted by Crippen LogP contribution is 2.30. The molecular formula is C22H19N3O3. The Morgan fingerprint density at radius 3 is 2.43 bits per heavy atom.